The molecule has 3 unspecified atom stereocenters. The fourth-order valence-electron chi connectivity index (χ4n) is 4.71. The normalized spacial score (nSPS) is 22.2. The molecule has 8 heteroatoms. The van der Waals surface area contributed by atoms with Crippen molar-refractivity contribution in [3.8, 4) is 28.7 Å². The van der Waals surface area contributed by atoms with Crippen molar-refractivity contribution in [1.29, 1.82) is 0 Å². The number of carbonyl (C=O) groups is 1. The molecule has 0 amide bonds. The first-order chi connectivity index (χ1) is 15.9. The molecule has 2 aromatic carbocycles. The zero-order valence-electron chi connectivity index (χ0n) is 18.9. The Kier molecular flexibility index (Phi) is 6.83. The lowest BCUT2D eigenvalue weighted by Crippen LogP contribution is -2.34. The predicted octanol–water partition coefficient (Wildman–Crippen LogP) is 3.92. The molecule has 33 heavy (non-hydrogen) atoms. The Hall–Kier alpha value is -3.13. The zero-order chi connectivity index (χ0) is 23.5. The van der Waals surface area contributed by atoms with E-state index in [-0.39, 0.29) is 35.4 Å². The average Bonchev–Trinajstić information content (AvgIpc) is 2.80. The maximum Gasteiger partial charge on any atom is 0.302 e. The molecule has 2 aromatic rings. The molecule has 0 aromatic heterocycles. The van der Waals surface area contributed by atoms with Gasteiger partial charge in [0.1, 0.15) is 6.10 Å². The Labute approximate surface area is 192 Å². The molecule has 0 radical (unpaired) electrons. The number of fused-ring (bicyclic) bond motifs is 1. The van der Waals surface area contributed by atoms with E-state index in [1.165, 1.54) is 20.1 Å². The van der Waals surface area contributed by atoms with E-state index in [0.717, 1.165) is 23.1 Å². The third-order valence-electron chi connectivity index (χ3n) is 6.23. The summed E-state index contributed by atoms with van der Waals surface area (Å²) in [4.78, 5) is 11.7. The summed E-state index contributed by atoms with van der Waals surface area (Å²) >= 11 is 0. The third-order valence-corrected chi connectivity index (χ3v) is 6.23. The van der Waals surface area contributed by atoms with E-state index in [0.29, 0.717) is 50.2 Å². The minimum atomic E-state index is -0.413. The van der Waals surface area contributed by atoms with Gasteiger partial charge < -0.3 is 34.3 Å². The van der Waals surface area contributed by atoms with E-state index in [9.17, 15) is 20.1 Å². The second kappa shape index (κ2) is 9.79. The first-order valence-corrected chi connectivity index (χ1v) is 11.2. The second-order valence-electron chi connectivity index (χ2n) is 8.59. The minimum absolute atomic E-state index is 0.0873. The molecule has 178 valence electrons. The van der Waals surface area contributed by atoms with E-state index in [1.807, 2.05) is 6.07 Å². The average molecular weight is 459 g/mol. The van der Waals surface area contributed by atoms with Crippen molar-refractivity contribution < 1.29 is 39.1 Å². The molecule has 1 saturated heterocycles. The topological polar surface area (TPSA) is 115 Å². The van der Waals surface area contributed by atoms with E-state index in [2.05, 4.69) is 0 Å². The van der Waals surface area contributed by atoms with E-state index in [4.69, 9.17) is 18.9 Å². The fourth-order valence-corrected chi connectivity index (χ4v) is 4.71. The van der Waals surface area contributed by atoms with Gasteiger partial charge in [-0.05, 0) is 55.0 Å². The maximum atomic E-state index is 11.7. The standard InChI is InChI=1S/C25H30O8/c1-14(26)32-17-11-16(7-5-15-6-8-20(27)23(10-15)30-2)33-22(12-17)19-13-21(28)24(29)25-18(19)4-3-9-31-25/h6,8,10,13,16-17,22,27-29H,3-5,7,9,11-12H2,1-2H3. The van der Waals surface area contributed by atoms with Crippen molar-refractivity contribution in [2.45, 2.75) is 63.8 Å². The number of aryl methyl sites for hydroxylation is 1. The van der Waals surface area contributed by atoms with Crippen molar-refractivity contribution in [2.24, 2.45) is 0 Å². The summed E-state index contributed by atoms with van der Waals surface area (Å²) in [5.74, 6) is -0.0396. The number of phenolic OH excluding ortho intramolecular Hbond substituents is 3. The third kappa shape index (κ3) is 5.11. The van der Waals surface area contributed by atoms with E-state index >= 15 is 0 Å². The van der Waals surface area contributed by atoms with Gasteiger partial charge in [-0.3, -0.25) is 4.79 Å². The molecule has 2 heterocycles. The summed E-state index contributed by atoms with van der Waals surface area (Å²) < 4.78 is 22.8. The van der Waals surface area contributed by atoms with Gasteiger partial charge in [-0.25, -0.2) is 0 Å². The molecule has 0 bridgehead atoms. The molecule has 2 aliphatic rings. The van der Waals surface area contributed by atoms with Gasteiger partial charge in [0.2, 0.25) is 5.75 Å². The number of phenols is 3. The predicted molar refractivity (Wildman–Crippen MR) is 119 cm³/mol. The van der Waals surface area contributed by atoms with Crippen LogP contribution in [-0.2, 0) is 27.1 Å². The van der Waals surface area contributed by atoms with Crippen LogP contribution in [0.2, 0.25) is 0 Å². The SMILES string of the molecule is COc1cc(CCC2CC(OC(C)=O)CC(c3cc(O)c(O)c4c3CCCO4)O2)ccc1O. The Bertz CT molecular complexity index is 1020. The summed E-state index contributed by atoms with van der Waals surface area (Å²) in [7, 11) is 1.51. The van der Waals surface area contributed by atoms with Crippen LogP contribution in [-0.4, -0.2) is 47.2 Å². The molecule has 3 N–H and O–H groups in total. The van der Waals surface area contributed by atoms with Crippen LogP contribution < -0.4 is 9.47 Å². The molecule has 0 saturated carbocycles. The lowest BCUT2D eigenvalue weighted by Gasteiger charge is -2.37. The summed E-state index contributed by atoms with van der Waals surface area (Å²) in [6.07, 6.45) is 2.96. The molecule has 3 atom stereocenters. The van der Waals surface area contributed by atoms with Crippen LogP contribution in [0.1, 0.15) is 55.4 Å². The van der Waals surface area contributed by atoms with Crippen LogP contribution in [0.25, 0.3) is 0 Å². The van der Waals surface area contributed by atoms with Gasteiger partial charge >= 0.3 is 5.97 Å². The zero-order valence-corrected chi connectivity index (χ0v) is 18.9. The number of aromatic hydroxyl groups is 3. The number of benzene rings is 2. The molecule has 2 aliphatic heterocycles. The maximum absolute atomic E-state index is 11.7. The van der Waals surface area contributed by atoms with Crippen molar-refractivity contribution in [2.75, 3.05) is 13.7 Å². The van der Waals surface area contributed by atoms with Gasteiger partial charge in [-0.15, -0.1) is 0 Å². The van der Waals surface area contributed by atoms with E-state index in [1.54, 1.807) is 12.1 Å². The Morgan fingerprint density at radius 3 is 2.73 bits per heavy atom. The first kappa shape index (κ1) is 23.0. The van der Waals surface area contributed by atoms with Crippen LogP contribution in [0, 0.1) is 0 Å². The summed E-state index contributed by atoms with van der Waals surface area (Å²) in [5, 5.41) is 30.4. The number of carbonyl (C=O) groups excluding carboxylic acids is 1. The lowest BCUT2D eigenvalue weighted by atomic mass is 9.88. The summed E-state index contributed by atoms with van der Waals surface area (Å²) in [6, 6.07) is 6.77. The highest BCUT2D eigenvalue weighted by Crippen LogP contribution is 2.47. The smallest absolute Gasteiger partial charge is 0.302 e. The molecule has 0 aliphatic carbocycles. The fraction of sp³-hybridized carbons (Fsp3) is 0.480. The number of methoxy groups -OCH3 is 1. The molecule has 1 fully saturated rings. The van der Waals surface area contributed by atoms with Crippen LogP contribution in [0.15, 0.2) is 24.3 Å². The lowest BCUT2D eigenvalue weighted by molar-refractivity contribution is -0.160. The van der Waals surface area contributed by atoms with Gasteiger partial charge in [0, 0.05) is 25.3 Å². The summed E-state index contributed by atoms with van der Waals surface area (Å²) in [6.45, 7) is 1.87. The first-order valence-electron chi connectivity index (χ1n) is 11.2. The van der Waals surface area contributed by atoms with Crippen LogP contribution >= 0.6 is 0 Å². The van der Waals surface area contributed by atoms with Crippen molar-refractivity contribution in [1.82, 2.24) is 0 Å². The number of rotatable bonds is 6. The van der Waals surface area contributed by atoms with Gasteiger partial charge in [-0.2, -0.15) is 0 Å². The molecule has 8 nitrogen and oxygen atoms in total. The second-order valence-corrected chi connectivity index (χ2v) is 8.59. The quantitative estimate of drug-likeness (QED) is 0.441. The number of ether oxygens (including phenoxy) is 4. The molecule has 0 spiro atoms. The van der Waals surface area contributed by atoms with Crippen molar-refractivity contribution in [3.63, 3.8) is 0 Å². The summed E-state index contributed by atoms with van der Waals surface area (Å²) in [5.41, 5.74) is 2.58. The minimum Gasteiger partial charge on any atom is -0.504 e. The Morgan fingerprint density at radius 2 is 1.97 bits per heavy atom. The van der Waals surface area contributed by atoms with Gasteiger partial charge in [0.15, 0.2) is 23.0 Å². The van der Waals surface area contributed by atoms with Gasteiger partial charge in [-0.1, -0.05) is 6.07 Å². The highest BCUT2D eigenvalue weighted by molar-refractivity contribution is 5.66. The van der Waals surface area contributed by atoms with Crippen LogP contribution in [0.3, 0.4) is 0 Å². The Morgan fingerprint density at radius 1 is 1.15 bits per heavy atom. The molecular formula is C25H30O8. The Balaban J connectivity index is 1.56. The largest absolute Gasteiger partial charge is 0.504 e. The van der Waals surface area contributed by atoms with Crippen molar-refractivity contribution in [3.05, 3.63) is 41.0 Å². The monoisotopic (exact) mass is 458 g/mol. The number of hydrogen-bond donors (Lipinski definition) is 3. The van der Waals surface area contributed by atoms with E-state index < -0.39 is 6.10 Å². The van der Waals surface area contributed by atoms with Crippen LogP contribution in [0.4, 0.5) is 0 Å². The highest BCUT2D eigenvalue weighted by atomic mass is 16.6. The number of esters is 1. The van der Waals surface area contributed by atoms with Crippen LogP contribution in [0.5, 0.6) is 28.7 Å². The van der Waals surface area contributed by atoms with Gasteiger partial charge in [0.25, 0.3) is 0 Å². The number of hydrogen-bond acceptors (Lipinski definition) is 8. The van der Waals surface area contributed by atoms with Gasteiger partial charge in [0.05, 0.1) is 25.9 Å². The molecule has 4 rings (SSSR count). The highest BCUT2D eigenvalue weighted by Gasteiger charge is 2.35. The van der Waals surface area contributed by atoms with Crippen molar-refractivity contribution >= 4 is 5.97 Å². The molecular weight excluding hydrogens is 428 g/mol.